The molecule has 0 atom stereocenters. The van der Waals surface area contributed by atoms with E-state index in [0.29, 0.717) is 17.9 Å². The summed E-state index contributed by atoms with van der Waals surface area (Å²) in [5.74, 6) is 0.662. The second-order valence-electron chi connectivity index (χ2n) is 4.04. The number of hydrogen-bond acceptors (Lipinski definition) is 4. The molecule has 0 aliphatic heterocycles. The van der Waals surface area contributed by atoms with E-state index in [1.54, 1.807) is 36.6 Å². The van der Waals surface area contributed by atoms with Crippen LogP contribution in [-0.4, -0.2) is 26.1 Å². The Balaban J connectivity index is 1.77. The quantitative estimate of drug-likeness (QED) is 0.575. The average Bonchev–Trinajstić information content (AvgIpc) is 2.96. The third-order valence-electron chi connectivity index (χ3n) is 2.70. The molecule has 0 fully saturated rings. The van der Waals surface area contributed by atoms with E-state index in [4.69, 9.17) is 9.47 Å². The fourth-order valence-electron chi connectivity index (χ4n) is 1.67. The van der Waals surface area contributed by atoms with Gasteiger partial charge < -0.3 is 9.47 Å². The maximum absolute atomic E-state index is 11.9. The Morgan fingerprint density at radius 1 is 1.26 bits per heavy atom. The van der Waals surface area contributed by atoms with Crippen LogP contribution in [0.4, 0.5) is 0 Å². The fraction of sp³-hybridized carbons (Fsp3) is 0.267. The second kappa shape index (κ2) is 7.07. The van der Waals surface area contributed by atoms with Gasteiger partial charge in [0.25, 0.3) is 0 Å². The van der Waals surface area contributed by atoms with Crippen LogP contribution in [0.15, 0.2) is 41.8 Å². The molecule has 0 amide bonds. The lowest BCUT2D eigenvalue weighted by molar-refractivity contribution is 0.0766. The zero-order chi connectivity index (χ0) is 13.5. The normalized spacial score (nSPS) is 10.4. The molecule has 0 unspecified atom stereocenters. The number of ether oxygens (including phenoxy) is 2. The number of ketones is 1. The first-order valence-corrected chi connectivity index (χ1v) is 6.95. The number of benzene rings is 1. The standard InChI is InChI=1S/C15H16O3S/c1-17-13-5-2-4-12(10-13)15(16)11-18-8-7-14-6-3-9-19-14/h2-6,9-10H,7-8,11H2,1H3. The molecule has 1 aromatic carbocycles. The Kier molecular flexibility index (Phi) is 5.12. The van der Waals surface area contributed by atoms with Gasteiger partial charge in [-0.3, -0.25) is 4.79 Å². The van der Waals surface area contributed by atoms with E-state index in [-0.39, 0.29) is 12.4 Å². The zero-order valence-corrected chi connectivity index (χ0v) is 11.6. The van der Waals surface area contributed by atoms with Crippen LogP contribution in [0, 0.1) is 0 Å². The number of rotatable bonds is 7. The molecule has 0 saturated carbocycles. The molecule has 1 heterocycles. The van der Waals surface area contributed by atoms with Crippen LogP contribution in [0.3, 0.4) is 0 Å². The van der Waals surface area contributed by atoms with Crippen LogP contribution in [0.5, 0.6) is 5.75 Å². The molecule has 0 saturated heterocycles. The summed E-state index contributed by atoms with van der Waals surface area (Å²) in [6.45, 7) is 0.675. The molecule has 19 heavy (non-hydrogen) atoms. The molecular formula is C15H16O3S. The minimum absolute atomic E-state index is 0.0231. The van der Waals surface area contributed by atoms with Crippen molar-refractivity contribution in [2.75, 3.05) is 20.3 Å². The van der Waals surface area contributed by atoms with Gasteiger partial charge in [0.2, 0.25) is 0 Å². The van der Waals surface area contributed by atoms with Crippen molar-refractivity contribution < 1.29 is 14.3 Å². The summed E-state index contributed by atoms with van der Waals surface area (Å²) in [5, 5.41) is 2.04. The predicted octanol–water partition coefficient (Wildman–Crippen LogP) is 3.20. The molecule has 0 radical (unpaired) electrons. The van der Waals surface area contributed by atoms with Crippen LogP contribution in [0.2, 0.25) is 0 Å². The highest BCUT2D eigenvalue weighted by atomic mass is 32.1. The van der Waals surface area contributed by atoms with Gasteiger partial charge in [0.1, 0.15) is 12.4 Å². The number of Topliss-reactive ketones (excluding diaryl/α,β-unsaturated/α-hetero) is 1. The molecule has 4 heteroatoms. The lowest BCUT2D eigenvalue weighted by Gasteiger charge is -2.05. The largest absolute Gasteiger partial charge is 0.497 e. The van der Waals surface area contributed by atoms with Gasteiger partial charge in [-0.1, -0.05) is 18.2 Å². The summed E-state index contributed by atoms with van der Waals surface area (Å²) in [6.07, 6.45) is 0.850. The molecule has 3 nitrogen and oxygen atoms in total. The first-order valence-electron chi connectivity index (χ1n) is 6.07. The van der Waals surface area contributed by atoms with E-state index in [1.807, 2.05) is 17.5 Å². The molecular weight excluding hydrogens is 260 g/mol. The Bertz CT molecular complexity index is 520. The minimum Gasteiger partial charge on any atom is -0.497 e. The first kappa shape index (κ1) is 13.8. The Hall–Kier alpha value is -1.65. The highest BCUT2D eigenvalue weighted by molar-refractivity contribution is 7.09. The van der Waals surface area contributed by atoms with E-state index < -0.39 is 0 Å². The second-order valence-corrected chi connectivity index (χ2v) is 5.07. The van der Waals surface area contributed by atoms with Crippen molar-refractivity contribution in [1.29, 1.82) is 0 Å². The van der Waals surface area contributed by atoms with E-state index in [1.165, 1.54) is 4.88 Å². The van der Waals surface area contributed by atoms with E-state index >= 15 is 0 Å². The maximum Gasteiger partial charge on any atom is 0.188 e. The lowest BCUT2D eigenvalue weighted by Crippen LogP contribution is -2.10. The molecule has 0 N–H and O–H groups in total. The van der Waals surface area contributed by atoms with Crippen LogP contribution in [0.25, 0.3) is 0 Å². The molecule has 1 aromatic heterocycles. The molecule has 2 rings (SSSR count). The molecule has 2 aromatic rings. The Morgan fingerprint density at radius 2 is 2.16 bits per heavy atom. The van der Waals surface area contributed by atoms with Gasteiger partial charge in [-0.25, -0.2) is 0 Å². The predicted molar refractivity (Wildman–Crippen MR) is 76.2 cm³/mol. The number of thiophene rings is 1. The monoisotopic (exact) mass is 276 g/mol. The number of carbonyl (C=O) groups excluding carboxylic acids is 1. The SMILES string of the molecule is COc1cccc(C(=O)COCCc2cccs2)c1. The number of carbonyl (C=O) groups is 1. The summed E-state index contributed by atoms with van der Waals surface area (Å²) >= 11 is 1.70. The van der Waals surface area contributed by atoms with Crippen molar-refractivity contribution in [1.82, 2.24) is 0 Å². The smallest absolute Gasteiger partial charge is 0.188 e. The fourth-order valence-corrected chi connectivity index (χ4v) is 2.36. The van der Waals surface area contributed by atoms with Gasteiger partial charge in [0, 0.05) is 16.9 Å². The third-order valence-corrected chi connectivity index (χ3v) is 3.63. The van der Waals surface area contributed by atoms with Gasteiger partial charge in [-0.05, 0) is 23.6 Å². The molecule has 100 valence electrons. The van der Waals surface area contributed by atoms with Crippen LogP contribution in [0.1, 0.15) is 15.2 Å². The topological polar surface area (TPSA) is 35.5 Å². The van der Waals surface area contributed by atoms with Crippen molar-refractivity contribution in [2.45, 2.75) is 6.42 Å². The van der Waals surface area contributed by atoms with E-state index in [9.17, 15) is 4.79 Å². The average molecular weight is 276 g/mol. The van der Waals surface area contributed by atoms with Gasteiger partial charge in [-0.15, -0.1) is 11.3 Å². The molecule has 0 aliphatic rings. The summed E-state index contributed by atoms with van der Waals surface area (Å²) < 4.78 is 10.5. The van der Waals surface area contributed by atoms with Crippen molar-refractivity contribution in [3.63, 3.8) is 0 Å². The summed E-state index contributed by atoms with van der Waals surface area (Å²) in [6, 6.07) is 11.2. The van der Waals surface area contributed by atoms with Gasteiger partial charge in [0.15, 0.2) is 5.78 Å². The van der Waals surface area contributed by atoms with Crippen LogP contribution in [-0.2, 0) is 11.2 Å². The van der Waals surface area contributed by atoms with Crippen molar-refractivity contribution in [3.8, 4) is 5.75 Å². The van der Waals surface area contributed by atoms with Crippen molar-refractivity contribution in [2.24, 2.45) is 0 Å². The lowest BCUT2D eigenvalue weighted by atomic mass is 10.1. The van der Waals surface area contributed by atoms with Gasteiger partial charge in [0.05, 0.1) is 13.7 Å². The third kappa shape index (κ3) is 4.19. The molecule has 0 aliphatic carbocycles. The highest BCUT2D eigenvalue weighted by Crippen LogP contribution is 2.13. The zero-order valence-electron chi connectivity index (χ0n) is 10.8. The van der Waals surface area contributed by atoms with Gasteiger partial charge in [-0.2, -0.15) is 0 Å². The number of methoxy groups -OCH3 is 1. The molecule has 0 bridgehead atoms. The molecule has 0 spiro atoms. The summed E-state index contributed by atoms with van der Waals surface area (Å²) in [5.41, 5.74) is 0.621. The van der Waals surface area contributed by atoms with Crippen LogP contribution < -0.4 is 4.74 Å². The first-order chi connectivity index (χ1) is 9.29. The number of hydrogen-bond donors (Lipinski definition) is 0. The highest BCUT2D eigenvalue weighted by Gasteiger charge is 2.07. The van der Waals surface area contributed by atoms with Crippen molar-refractivity contribution >= 4 is 17.1 Å². The summed E-state index contributed by atoms with van der Waals surface area (Å²) in [4.78, 5) is 13.2. The van der Waals surface area contributed by atoms with E-state index in [0.717, 1.165) is 6.42 Å². The minimum atomic E-state index is -0.0231. The summed E-state index contributed by atoms with van der Waals surface area (Å²) in [7, 11) is 1.58. The Morgan fingerprint density at radius 3 is 2.89 bits per heavy atom. The van der Waals surface area contributed by atoms with E-state index in [2.05, 4.69) is 6.07 Å². The van der Waals surface area contributed by atoms with Crippen LogP contribution >= 0.6 is 11.3 Å². The Labute approximate surface area is 116 Å². The van der Waals surface area contributed by atoms with Crippen molar-refractivity contribution in [3.05, 3.63) is 52.2 Å². The van der Waals surface area contributed by atoms with Gasteiger partial charge >= 0.3 is 0 Å². The maximum atomic E-state index is 11.9.